The first-order chi connectivity index (χ1) is 10.6. The molecular formula is C15H24N4O3. The number of nitrogens with zero attached hydrogens (tertiary/aromatic N) is 4. The molecule has 0 aliphatic carbocycles. The third kappa shape index (κ3) is 3.64. The fourth-order valence-corrected chi connectivity index (χ4v) is 3.15. The molecule has 1 unspecified atom stereocenters. The summed E-state index contributed by atoms with van der Waals surface area (Å²) in [6.45, 7) is 8.21. The monoisotopic (exact) mass is 308 g/mol. The zero-order valence-corrected chi connectivity index (χ0v) is 13.3. The SMILES string of the molecule is Cc1noc(C2CCN(CC(=O)N3CCOC(C)C3)CC2)n1. The van der Waals surface area contributed by atoms with Gasteiger partial charge in [-0.2, -0.15) is 4.98 Å². The molecule has 0 N–H and O–H groups in total. The highest BCUT2D eigenvalue weighted by Crippen LogP contribution is 2.26. The van der Waals surface area contributed by atoms with Gasteiger partial charge >= 0.3 is 0 Å². The Labute approximate surface area is 130 Å². The van der Waals surface area contributed by atoms with Crippen LogP contribution in [0.15, 0.2) is 4.52 Å². The maximum atomic E-state index is 12.4. The molecule has 1 aromatic heterocycles. The van der Waals surface area contributed by atoms with Crippen molar-refractivity contribution >= 4 is 5.91 Å². The average Bonchev–Trinajstić information content (AvgIpc) is 2.94. The van der Waals surface area contributed by atoms with Gasteiger partial charge in [0.25, 0.3) is 0 Å². The van der Waals surface area contributed by atoms with Crippen LogP contribution in [0.2, 0.25) is 0 Å². The highest BCUT2D eigenvalue weighted by atomic mass is 16.5. The molecule has 2 aliphatic heterocycles. The molecule has 1 atom stereocenters. The van der Waals surface area contributed by atoms with Crippen molar-refractivity contribution in [2.24, 2.45) is 0 Å². The predicted octanol–water partition coefficient (Wildman–Crippen LogP) is 0.805. The van der Waals surface area contributed by atoms with Crippen molar-refractivity contribution in [2.75, 3.05) is 39.3 Å². The molecule has 2 saturated heterocycles. The number of rotatable bonds is 3. The molecule has 3 heterocycles. The van der Waals surface area contributed by atoms with Crippen LogP contribution in [-0.4, -0.2) is 71.3 Å². The second-order valence-electron chi connectivity index (χ2n) is 6.25. The molecule has 0 bridgehead atoms. The van der Waals surface area contributed by atoms with E-state index in [0.29, 0.717) is 38.0 Å². The zero-order chi connectivity index (χ0) is 15.5. The lowest BCUT2D eigenvalue weighted by Crippen LogP contribution is -2.49. The molecule has 1 amide bonds. The van der Waals surface area contributed by atoms with E-state index in [1.165, 1.54) is 0 Å². The minimum atomic E-state index is 0.143. The molecule has 1 aromatic rings. The van der Waals surface area contributed by atoms with E-state index in [1.807, 2.05) is 18.7 Å². The smallest absolute Gasteiger partial charge is 0.236 e. The molecule has 0 radical (unpaired) electrons. The van der Waals surface area contributed by atoms with Crippen LogP contribution in [0.4, 0.5) is 0 Å². The Kier molecular flexibility index (Phi) is 4.73. The van der Waals surface area contributed by atoms with Gasteiger partial charge in [0.2, 0.25) is 11.8 Å². The molecule has 122 valence electrons. The molecule has 0 saturated carbocycles. The number of aryl methyl sites for hydroxylation is 1. The molecule has 2 aliphatic rings. The van der Waals surface area contributed by atoms with Gasteiger partial charge in [-0.15, -0.1) is 0 Å². The first-order valence-corrected chi connectivity index (χ1v) is 8.04. The number of amides is 1. The number of aromatic nitrogens is 2. The summed E-state index contributed by atoms with van der Waals surface area (Å²) in [5.41, 5.74) is 0. The van der Waals surface area contributed by atoms with E-state index >= 15 is 0 Å². The first kappa shape index (κ1) is 15.4. The van der Waals surface area contributed by atoms with Crippen LogP contribution in [0.5, 0.6) is 0 Å². The van der Waals surface area contributed by atoms with Gasteiger partial charge in [0.15, 0.2) is 5.82 Å². The summed E-state index contributed by atoms with van der Waals surface area (Å²) in [4.78, 5) is 20.8. The van der Waals surface area contributed by atoms with E-state index in [-0.39, 0.29) is 12.0 Å². The first-order valence-electron chi connectivity index (χ1n) is 8.04. The Morgan fingerprint density at radius 3 is 2.73 bits per heavy atom. The molecule has 3 rings (SSSR count). The lowest BCUT2D eigenvalue weighted by Gasteiger charge is -2.35. The van der Waals surface area contributed by atoms with Crippen LogP contribution >= 0.6 is 0 Å². The summed E-state index contributed by atoms with van der Waals surface area (Å²) in [5, 5.41) is 3.86. The fraction of sp³-hybridized carbons (Fsp3) is 0.800. The van der Waals surface area contributed by atoms with Crippen LogP contribution < -0.4 is 0 Å². The third-order valence-electron chi connectivity index (χ3n) is 4.43. The number of carbonyl (C=O) groups is 1. The van der Waals surface area contributed by atoms with Crippen LogP contribution in [-0.2, 0) is 9.53 Å². The maximum absolute atomic E-state index is 12.4. The number of carbonyl (C=O) groups excluding carboxylic acids is 1. The van der Waals surface area contributed by atoms with E-state index in [2.05, 4.69) is 15.0 Å². The minimum Gasteiger partial charge on any atom is -0.375 e. The Morgan fingerprint density at radius 2 is 2.09 bits per heavy atom. The van der Waals surface area contributed by atoms with E-state index in [9.17, 15) is 4.79 Å². The van der Waals surface area contributed by atoms with E-state index in [0.717, 1.165) is 31.8 Å². The largest absolute Gasteiger partial charge is 0.375 e. The van der Waals surface area contributed by atoms with Crippen molar-refractivity contribution in [1.82, 2.24) is 19.9 Å². The van der Waals surface area contributed by atoms with E-state index in [1.54, 1.807) is 0 Å². The average molecular weight is 308 g/mol. The summed E-state index contributed by atoms with van der Waals surface area (Å²) >= 11 is 0. The topological polar surface area (TPSA) is 71.7 Å². The number of hydrogen-bond acceptors (Lipinski definition) is 6. The van der Waals surface area contributed by atoms with Crippen LogP contribution in [0.25, 0.3) is 0 Å². The second-order valence-corrected chi connectivity index (χ2v) is 6.25. The summed E-state index contributed by atoms with van der Waals surface area (Å²) < 4.78 is 10.7. The van der Waals surface area contributed by atoms with Gasteiger partial charge in [-0.25, -0.2) is 0 Å². The van der Waals surface area contributed by atoms with Crippen molar-refractivity contribution < 1.29 is 14.1 Å². The van der Waals surface area contributed by atoms with Gasteiger partial charge in [0.1, 0.15) is 0 Å². The predicted molar refractivity (Wildman–Crippen MR) is 79.4 cm³/mol. The van der Waals surface area contributed by atoms with Crippen molar-refractivity contribution in [3.8, 4) is 0 Å². The number of morpholine rings is 1. The normalized spacial score (nSPS) is 24.6. The second kappa shape index (κ2) is 6.75. The number of likely N-dealkylation sites (tertiary alicyclic amines) is 1. The van der Waals surface area contributed by atoms with Crippen LogP contribution in [0.1, 0.15) is 37.4 Å². The summed E-state index contributed by atoms with van der Waals surface area (Å²) in [5.74, 6) is 1.97. The number of ether oxygens (including phenoxy) is 1. The fourth-order valence-electron chi connectivity index (χ4n) is 3.15. The van der Waals surface area contributed by atoms with Crippen molar-refractivity contribution in [3.05, 3.63) is 11.7 Å². The summed E-state index contributed by atoms with van der Waals surface area (Å²) in [6.07, 6.45) is 2.08. The Balaban J connectivity index is 1.46. The maximum Gasteiger partial charge on any atom is 0.236 e. The van der Waals surface area contributed by atoms with Crippen molar-refractivity contribution in [3.63, 3.8) is 0 Å². The molecule has 0 spiro atoms. The molecule has 7 nitrogen and oxygen atoms in total. The van der Waals surface area contributed by atoms with Crippen molar-refractivity contribution in [2.45, 2.75) is 38.7 Å². The lowest BCUT2D eigenvalue weighted by molar-refractivity contribution is -0.139. The molecule has 22 heavy (non-hydrogen) atoms. The molecule has 7 heteroatoms. The highest BCUT2D eigenvalue weighted by molar-refractivity contribution is 5.78. The van der Waals surface area contributed by atoms with Crippen molar-refractivity contribution in [1.29, 1.82) is 0 Å². The number of hydrogen-bond donors (Lipinski definition) is 0. The standard InChI is InChI=1S/C15H24N4O3/c1-11-9-19(7-8-21-11)14(20)10-18-5-3-13(4-6-18)15-16-12(2)17-22-15/h11,13H,3-10H2,1-2H3. The molecule has 0 aromatic carbocycles. The highest BCUT2D eigenvalue weighted by Gasteiger charge is 2.28. The van der Waals surface area contributed by atoms with Gasteiger partial charge in [0, 0.05) is 19.0 Å². The van der Waals surface area contributed by atoms with Gasteiger partial charge < -0.3 is 14.2 Å². The Bertz CT molecular complexity index is 511. The summed E-state index contributed by atoms with van der Waals surface area (Å²) in [7, 11) is 0. The summed E-state index contributed by atoms with van der Waals surface area (Å²) in [6, 6.07) is 0. The number of piperidine rings is 1. The van der Waals surface area contributed by atoms with Gasteiger partial charge in [-0.3, -0.25) is 9.69 Å². The third-order valence-corrected chi connectivity index (χ3v) is 4.43. The Hall–Kier alpha value is -1.47. The van der Waals surface area contributed by atoms with E-state index < -0.39 is 0 Å². The molecular weight excluding hydrogens is 284 g/mol. The zero-order valence-electron chi connectivity index (χ0n) is 13.3. The molecule has 2 fully saturated rings. The van der Waals surface area contributed by atoms with Crippen LogP contribution in [0, 0.1) is 6.92 Å². The Morgan fingerprint density at radius 1 is 1.32 bits per heavy atom. The lowest BCUT2D eigenvalue weighted by atomic mass is 9.97. The van der Waals surface area contributed by atoms with E-state index in [4.69, 9.17) is 9.26 Å². The van der Waals surface area contributed by atoms with Crippen LogP contribution in [0.3, 0.4) is 0 Å². The van der Waals surface area contributed by atoms with Gasteiger partial charge in [-0.05, 0) is 39.8 Å². The van der Waals surface area contributed by atoms with Gasteiger partial charge in [0.05, 0.1) is 19.3 Å². The quantitative estimate of drug-likeness (QED) is 0.823. The minimum absolute atomic E-state index is 0.143. The van der Waals surface area contributed by atoms with Gasteiger partial charge in [-0.1, -0.05) is 5.16 Å².